The number of nitrogens with one attached hydrogen (secondary N) is 1. The SMILES string of the molecule is NOC(=O)C1CNCCN1CC=O. The van der Waals surface area contributed by atoms with Crippen LogP contribution in [0.4, 0.5) is 0 Å². The lowest BCUT2D eigenvalue weighted by molar-refractivity contribution is -0.151. The van der Waals surface area contributed by atoms with E-state index < -0.39 is 12.0 Å². The van der Waals surface area contributed by atoms with Gasteiger partial charge in [0, 0.05) is 19.6 Å². The highest BCUT2D eigenvalue weighted by Gasteiger charge is 2.29. The average Bonchev–Trinajstić information content (AvgIpc) is 2.18. The maximum Gasteiger partial charge on any atom is 0.343 e. The Morgan fingerprint density at radius 3 is 3.15 bits per heavy atom. The van der Waals surface area contributed by atoms with Crippen molar-refractivity contribution in [2.45, 2.75) is 6.04 Å². The zero-order valence-corrected chi connectivity index (χ0v) is 7.23. The van der Waals surface area contributed by atoms with Crippen LogP contribution in [0.25, 0.3) is 0 Å². The molecule has 1 aliphatic heterocycles. The Kier molecular flexibility index (Phi) is 3.81. The Morgan fingerprint density at radius 2 is 2.54 bits per heavy atom. The van der Waals surface area contributed by atoms with Crippen molar-refractivity contribution in [3.63, 3.8) is 0 Å². The van der Waals surface area contributed by atoms with Crippen LogP contribution in [0, 0.1) is 0 Å². The molecule has 1 saturated heterocycles. The van der Waals surface area contributed by atoms with Crippen LogP contribution in [0.3, 0.4) is 0 Å². The molecule has 6 heteroatoms. The van der Waals surface area contributed by atoms with Crippen LogP contribution in [0.1, 0.15) is 0 Å². The molecular weight excluding hydrogens is 174 g/mol. The predicted octanol–water partition coefficient (Wildman–Crippen LogP) is -2.12. The fraction of sp³-hybridized carbons (Fsp3) is 0.714. The van der Waals surface area contributed by atoms with Crippen molar-refractivity contribution in [1.29, 1.82) is 0 Å². The average molecular weight is 187 g/mol. The first-order chi connectivity index (χ1) is 6.29. The number of piperazine rings is 1. The Morgan fingerprint density at radius 1 is 1.77 bits per heavy atom. The minimum atomic E-state index is -0.506. The lowest BCUT2D eigenvalue weighted by Crippen LogP contribution is -2.56. The van der Waals surface area contributed by atoms with Crippen molar-refractivity contribution in [2.75, 3.05) is 26.2 Å². The molecule has 1 heterocycles. The highest BCUT2D eigenvalue weighted by molar-refractivity contribution is 5.76. The van der Waals surface area contributed by atoms with Crippen LogP contribution < -0.4 is 11.2 Å². The number of nitrogens with zero attached hydrogens (tertiary/aromatic N) is 1. The van der Waals surface area contributed by atoms with Crippen molar-refractivity contribution in [1.82, 2.24) is 10.2 Å². The van der Waals surface area contributed by atoms with Gasteiger partial charge in [0.2, 0.25) is 0 Å². The molecule has 1 fully saturated rings. The van der Waals surface area contributed by atoms with E-state index in [1.807, 2.05) is 0 Å². The van der Waals surface area contributed by atoms with Crippen LogP contribution >= 0.6 is 0 Å². The molecule has 0 radical (unpaired) electrons. The third-order valence-corrected chi connectivity index (χ3v) is 2.05. The van der Waals surface area contributed by atoms with E-state index in [4.69, 9.17) is 5.90 Å². The van der Waals surface area contributed by atoms with Crippen molar-refractivity contribution < 1.29 is 14.4 Å². The summed E-state index contributed by atoms with van der Waals surface area (Å²) in [6.07, 6.45) is 0.766. The van der Waals surface area contributed by atoms with Crippen LogP contribution in [-0.4, -0.2) is 49.4 Å². The van der Waals surface area contributed by atoms with E-state index in [-0.39, 0.29) is 6.54 Å². The normalized spacial score (nSPS) is 23.9. The summed E-state index contributed by atoms with van der Waals surface area (Å²) in [6, 6.07) is -0.441. The number of rotatable bonds is 3. The molecule has 0 aromatic heterocycles. The monoisotopic (exact) mass is 187 g/mol. The van der Waals surface area contributed by atoms with E-state index in [0.29, 0.717) is 13.1 Å². The largest absolute Gasteiger partial charge is 0.372 e. The smallest absolute Gasteiger partial charge is 0.343 e. The zero-order chi connectivity index (χ0) is 9.68. The van der Waals surface area contributed by atoms with Gasteiger partial charge in [0.1, 0.15) is 12.3 Å². The summed E-state index contributed by atoms with van der Waals surface area (Å²) < 4.78 is 0. The van der Waals surface area contributed by atoms with Gasteiger partial charge in [-0.15, -0.1) is 0 Å². The van der Waals surface area contributed by atoms with E-state index in [1.165, 1.54) is 0 Å². The van der Waals surface area contributed by atoms with Gasteiger partial charge in [-0.3, -0.25) is 4.90 Å². The van der Waals surface area contributed by atoms with Gasteiger partial charge >= 0.3 is 5.97 Å². The molecule has 0 spiro atoms. The molecule has 3 N–H and O–H groups in total. The number of nitrogens with two attached hydrogens (primary N) is 1. The van der Waals surface area contributed by atoms with E-state index in [2.05, 4.69) is 10.2 Å². The number of aldehydes is 1. The third-order valence-electron chi connectivity index (χ3n) is 2.05. The van der Waals surface area contributed by atoms with Gasteiger partial charge in [-0.2, -0.15) is 5.90 Å². The van der Waals surface area contributed by atoms with Gasteiger partial charge in [-0.1, -0.05) is 0 Å². The standard InChI is InChI=1S/C7H13N3O3/c8-13-7(12)6-5-9-1-2-10(6)3-4-11/h4,6,9H,1-3,5,8H2. The van der Waals surface area contributed by atoms with Gasteiger partial charge in [0.05, 0.1) is 6.54 Å². The number of carbonyl (C=O) groups is 2. The summed E-state index contributed by atoms with van der Waals surface area (Å²) in [5, 5.41) is 3.02. The molecule has 0 amide bonds. The second kappa shape index (κ2) is 4.90. The maximum absolute atomic E-state index is 11.1. The number of hydrogen-bond acceptors (Lipinski definition) is 6. The topological polar surface area (TPSA) is 84.7 Å². The third kappa shape index (κ3) is 2.48. The molecule has 0 saturated carbocycles. The van der Waals surface area contributed by atoms with E-state index in [1.54, 1.807) is 4.90 Å². The first kappa shape index (κ1) is 10.1. The van der Waals surface area contributed by atoms with Crippen LogP contribution in [0.2, 0.25) is 0 Å². The molecule has 0 aromatic rings. The quantitative estimate of drug-likeness (QED) is 0.388. The molecule has 6 nitrogen and oxygen atoms in total. The lowest BCUT2D eigenvalue weighted by atomic mass is 10.2. The van der Waals surface area contributed by atoms with Crippen LogP contribution in [0.15, 0.2) is 0 Å². The van der Waals surface area contributed by atoms with E-state index >= 15 is 0 Å². The summed E-state index contributed by atoms with van der Waals surface area (Å²) in [7, 11) is 0. The van der Waals surface area contributed by atoms with Gasteiger partial charge < -0.3 is 14.9 Å². The molecule has 0 aliphatic carbocycles. The molecule has 0 aromatic carbocycles. The van der Waals surface area contributed by atoms with E-state index in [9.17, 15) is 9.59 Å². The van der Waals surface area contributed by atoms with Gasteiger partial charge in [0.15, 0.2) is 0 Å². The Bertz CT molecular complexity index is 197. The summed E-state index contributed by atoms with van der Waals surface area (Å²) in [5.41, 5.74) is 0. The number of carbonyl (C=O) groups excluding carboxylic acids is 2. The fourth-order valence-corrected chi connectivity index (χ4v) is 1.37. The Hall–Kier alpha value is -0.980. The molecule has 13 heavy (non-hydrogen) atoms. The molecule has 1 unspecified atom stereocenters. The highest BCUT2D eigenvalue weighted by atomic mass is 16.7. The summed E-state index contributed by atoms with van der Waals surface area (Å²) in [5.74, 6) is 4.26. The minimum absolute atomic E-state index is 0.238. The summed E-state index contributed by atoms with van der Waals surface area (Å²) in [6.45, 7) is 2.13. The number of hydrogen-bond donors (Lipinski definition) is 2. The first-order valence-corrected chi connectivity index (χ1v) is 4.08. The van der Waals surface area contributed by atoms with Gasteiger partial charge in [-0.05, 0) is 0 Å². The van der Waals surface area contributed by atoms with Crippen molar-refractivity contribution in [3.8, 4) is 0 Å². The minimum Gasteiger partial charge on any atom is -0.372 e. The summed E-state index contributed by atoms with van der Waals surface area (Å²) >= 11 is 0. The van der Waals surface area contributed by atoms with Crippen molar-refractivity contribution >= 4 is 12.3 Å². The first-order valence-electron chi connectivity index (χ1n) is 4.08. The highest BCUT2D eigenvalue weighted by Crippen LogP contribution is 2.02. The molecular formula is C7H13N3O3. The molecule has 1 aliphatic rings. The van der Waals surface area contributed by atoms with Crippen molar-refractivity contribution in [3.05, 3.63) is 0 Å². The fourth-order valence-electron chi connectivity index (χ4n) is 1.37. The Labute approximate surface area is 76.0 Å². The predicted molar refractivity (Wildman–Crippen MR) is 44.6 cm³/mol. The second-order valence-corrected chi connectivity index (χ2v) is 2.82. The lowest BCUT2D eigenvalue weighted by Gasteiger charge is -2.32. The van der Waals surface area contributed by atoms with Gasteiger partial charge in [0.25, 0.3) is 0 Å². The van der Waals surface area contributed by atoms with Crippen molar-refractivity contribution in [2.24, 2.45) is 5.90 Å². The molecule has 1 rings (SSSR count). The second-order valence-electron chi connectivity index (χ2n) is 2.82. The van der Waals surface area contributed by atoms with Gasteiger partial charge in [-0.25, -0.2) is 4.79 Å². The van der Waals surface area contributed by atoms with Crippen LogP contribution in [-0.2, 0) is 14.4 Å². The molecule has 0 bridgehead atoms. The molecule has 74 valence electrons. The summed E-state index contributed by atoms with van der Waals surface area (Å²) in [4.78, 5) is 27.3. The zero-order valence-electron chi connectivity index (χ0n) is 7.23. The van der Waals surface area contributed by atoms with E-state index in [0.717, 1.165) is 12.8 Å². The maximum atomic E-state index is 11.1. The Balaban J connectivity index is 2.55. The van der Waals surface area contributed by atoms with Crippen LogP contribution in [0.5, 0.6) is 0 Å². The molecule has 1 atom stereocenters.